The third-order valence-corrected chi connectivity index (χ3v) is 4.11. The molecule has 2 heterocycles. The number of amides is 1. The third kappa shape index (κ3) is 4.99. The van der Waals surface area contributed by atoms with Crippen LogP contribution in [0.3, 0.4) is 0 Å². The van der Waals surface area contributed by atoms with Crippen LogP contribution in [0.25, 0.3) is 11.7 Å². The Hall–Kier alpha value is -3.65. The Balaban J connectivity index is 1.53. The molecule has 0 radical (unpaired) electrons. The van der Waals surface area contributed by atoms with Crippen molar-refractivity contribution in [1.29, 1.82) is 0 Å². The number of imidazole rings is 1. The summed E-state index contributed by atoms with van der Waals surface area (Å²) < 4.78 is 11.2. The number of nitrogens with zero attached hydrogens (tertiary/aromatic N) is 2. The molecule has 0 saturated heterocycles. The average molecular weight is 414 g/mol. The van der Waals surface area contributed by atoms with Gasteiger partial charge in [0.25, 0.3) is 5.91 Å². The fraction of sp³-hybridized carbons (Fsp3) is 0.100. The molecule has 148 valence electrons. The van der Waals surface area contributed by atoms with E-state index in [1.807, 2.05) is 12.1 Å². The highest BCUT2D eigenvalue weighted by atomic mass is 35.5. The van der Waals surface area contributed by atoms with Crippen LogP contribution in [0.4, 0.5) is 5.69 Å². The summed E-state index contributed by atoms with van der Waals surface area (Å²) >= 11 is 6.08. The fourth-order valence-corrected chi connectivity index (χ4v) is 2.71. The topological polar surface area (TPSA) is 99.0 Å². The van der Waals surface area contributed by atoms with Crippen LogP contribution in [0.2, 0.25) is 5.15 Å². The van der Waals surface area contributed by atoms with E-state index in [4.69, 9.17) is 16.3 Å². The number of nitrogens with one attached hydrogen (secondary N) is 1. The highest BCUT2D eigenvalue weighted by Gasteiger charge is 2.10. The largest absolute Gasteiger partial charge is 0.465 e. The van der Waals surface area contributed by atoms with Gasteiger partial charge in [0.1, 0.15) is 5.65 Å². The van der Waals surface area contributed by atoms with Gasteiger partial charge in [-0.3, -0.25) is 9.20 Å². The first-order valence-electron chi connectivity index (χ1n) is 8.43. The fourth-order valence-electron chi connectivity index (χ4n) is 2.47. The number of carbonyl (C=O) groups is 3. The lowest BCUT2D eigenvalue weighted by Crippen LogP contribution is -2.20. The first-order valence-corrected chi connectivity index (χ1v) is 8.81. The van der Waals surface area contributed by atoms with Gasteiger partial charge in [-0.1, -0.05) is 17.7 Å². The van der Waals surface area contributed by atoms with Gasteiger partial charge in [0, 0.05) is 18.0 Å². The maximum atomic E-state index is 11.9. The molecule has 29 heavy (non-hydrogen) atoms. The van der Waals surface area contributed by atoms with Gasteiger partial charge in [0.15, 0.2) is 11.8 Å². The van der Waals surface area contributed by atoms with Crippen molar-refractivity contribution in [3.8, 4) is 0 Å². The molecule has 2 aromatic heterocycles. The highest BCUT2D eigenvalue weighted by molar-refractivity contribution is 6.31. The summed E-state index contributed by atoms with van der Waals surface area (Å²) in [5.41, 5.74) is 1.97. The number of hydrogen-bond donors (Lipinski definition) is 1. The van der Waals surface area contributed by atoms with Crippen LogP contribution < -0.4 is 5.32 Å². The smallest absolute Gasteiger partial charge is 0.337 e. The molecule has 9 heteroatoms. The maximum absolute atomic E-state index is 11.9. The Morgan fingerprint density at radius 3 is 2.66 bits per heavy atom. The number of fused-ring (bicyclic) bond motifs is 1. The molecule has 0 aliphatic carbocycles. The lowest BCUT2D eigenvalue weighted by molar-refractivity contribution is -0.142. The van der Waals surface area contributed by atoms with E-state index in [-0.39, 0.29) is 5.15 Å². The molecule has 8 nitrogen and oxygen atoms in total. The van der Waals surface area contributed by atoms with Gasteiger partial charge in [-0.05, 0) is 42.5 Å². The van der Waals surface area contributed by atoms with E-state index >= 15 is 0 Å². The molecule has 3 aromatic rings. The van der Waals surface area contributed by atoms with Crippen LogP contribution in [0, 0.1) is 0 Å². The molecule has 0 fully saturated rings. The van der Waals surface area contributed by atoms with E-state index in [2.05, 4.69) is 15.0 Å². The number of anilines is 1. The molecule has 0 atom stereocenters. The summed E-state index contributed by atoms with van der Waals surface area (Å²) in [6, 6.07) is 11.5. The van der Waals surface area contributed by atoms with E-state index in [1.54, 1.807) is 28.8 Å². The monoisotopic (exact) mass is 413 g/mol. The standard InChI is InChI=1S/C20H16ClN3O5/c1-28-20(27)13-5-7-14(8-6-13)22-17(25)12-29-18(26)10-9-15-19(21)23-16-4-2-3-11-24(15)16/h2-11H,12H2,1H3,(H,22,25)/b10-9+. The zero-order valence-electron chi connectivity index (χ0n) is 15.3. The summed E-state index contributed by atoms with van der Waals surface area (Å²) in [5.74, 6) is -1.71. The van der Waals surface area contributed by atoms with E-state index in [9.17, 15) is 14.4 Å². The van der Waals surface area contributed by atoms with Crippen molar-refractivity contribution in [3.63, 3.8) is 0 Å². The van der Waals surface area contributed by atoms with Crippen molar-refractivity contribution in [3.05, 3.63) is 71.1 Å². The van der Waals surface area contributed by atoms with E-state index in [0.717, 1.165) is 0 Å². The zero-order chi connectivity index (χ0) is 20.8. The predicted molar refractivity (Wildman–Crippen MR) is 107 cm³/mol. The number of rotatable bonds is 6. The summed E-state index contributed by atoms with van der Waals surface area (Å²) in [4.78, 5) is 39.3. The maximum Gasteiger partial charge on any atom is 0.337 e. The molecular formula is C20H16ClN3O5. The Morgan fingerprint density at radius 1 is 1.17 bits per heavy atom. The Bertz CT molecular complexity index is 1090. The summed E-state index contributed by atoms with van der Waals surface area (Å²) in [6.45, 7) is -0.469. The number of carbonyl (C=O) groups excluding carboxylic acids is 3. The highest BCUT2D eigenvalue weighted by Crippen LogP contribution is 2.18. The van der Waals surface area contributed by atoms with Crippen molar-refractivity contribution in [2.45, 2.75) is 0 Å². The van der Waals surface area contributed by atoms with Crippen LogP contribution in [0.1, 0.15) is 16.1 Å². The van der Waals surface area contributed by atoms with E-state index < -0.39 is 24.5 Å². The van der Waals surface area contributed by atoms with Crippen LogP contribution in [-0.4, -0.2) is 40.9 Å². The normalized spacial score (nSPS) is 10.8. The molecule has 0 saturated carbocycles. The second kappa shape index (κ2) is 9.03. The zero-order valence-corrected chi connectivity index (χ0v) is 16.1. The van der Waals surface area contributed by atoms with Crippen molar-refractivity contribution >= 4 is 46.9 Å². The van der Waals surface area contributed by atoms with Crippen LogP contribution in [0.5, 0.6) is 0 Å². The van der Waals surface area contributed by atoms with E-state index in [0.29, 0.717) is 22.6 Å². The molecule has 1 N–H and O–H groups in total. The molecule has 0 aliphatic heterocycles. The van der Waals surface area contributed by atoms with Crippen molar-refractivity contribution in [2.24, 2.45) is 0 Å². The molecular weight excluding hydrogens is 398 g/mol. The molecule has 3 rings (SSSR count). The number of ether oxygens (including phenoxy) is 2. The lowest BCUT2D eigenvalue weighted by Gasteiger charge is -2.06. The van der Waals surface area contributed by atoms with Crippen molar-refractivity contribution in [1.82, 2.24) is 9.38 Å². The van der Waals surface area contributed by atoms with Gasteiger partial charge in [-0.25, -0.2) is 14.6 Å². The predicted octanol–water partition coefficient (Wildman–Crippen LogP) is 2.97. The van der Waals surface area contributed by atoms with E-state index in [1.165, 1.54) is 31.4 Å². The number of hydrogen-bond acceptors (Lipinski definition) is 6. The van der Waals surface area contributed by atoms with Gasteiger partial charge in [0.2, 0.25) is 0 Å². The number of esters is 2. The van der Waals surface area contributed by atoms with Crippen LogP contribution >= 0.6 is 11.6 Å². The van der Waals surface area contributed by atoms with Crippen molar-refractivity contribution in [2.75, 3.05) is 19.0 Å². The SMILES string of the molecule is COC(=O)c1ccc(NC(=O)COC(=O)/C=C/c2c(Cl)nc3ccccn23)cc1. The summed E-state index contributed by atoms with van der Waals surface area (Å²) in [7, 11) is 1.28. The lowest BCUT2D eigenvalue weighted by atomic mass is 10.2. The number of benzene rings is 1. The van der Waals surface area contributed by atoms with Gasteiger partial charge < -0.3 is 14.8 Å². The molecule has 1 aromatic carbocycles. The minimum Gasteiger partial charge on any atom is -0.465 e. The first-order chi connectivity index (χ1) is 14.0. The molecule has 0 bridgehead atoms. The summed E-state index contributed by atoms with van der Waals surface area (Å²) in [5, 5.41) is 2.80. The van der Waals surface area contributed by atoms with Crippen LogP contribution in [0.15, 0.2) is 54.7 Å². The molecule has 0 unspecified atom stereocenters. The second-order valence-corrected chi connectivity index (χ2v) is 6.13. The number of pyridine rings is 1. The number of methoxy groups -OCH3 is 1. The quantitative estimate of drug-likeness (QED) is 0.492. The minimum absolute atomic E-state index is 0.244. The first kappa shape index (κ1) is 20.1. The average Bonchev–Trinajstić information content (AvgIpc) is 3.05. The third-order valence-electron chi connectivity index (χ3n) is 3.83. The molecule has 0 spiro atoms. The van der Waals surface area contributed by atoms with Crippen molar-refractivity contribution < 1.29 is 23.9 Å². The summed E-state index contributed by atoms with van der Waals surface area (Å²) in [6.07, 6.45) is 4.40. The second-order valence-electron chi connectivity index (χ2n) is 5.77. The Kier molecular flexibility index (Phi) is 6.25. The number of halogens is 1. The minimum atomic E-state index is -0.705. The molecule has 0 aliphatic rings. The van der Waals surface area contributed by atoms with Crippen LogP contribution in [-0.2, 0) is 19.1 Å². The van der Waals surface area contributed by atoms with Gasteiger partial charge in [0.05, 0.1) is 18.4 Å². The number of aromatic nitrogens is 2. The van der Waals surface area contributed by atoms with Gasteiger partial charge in [-0.2, -0.15) is 0 Å². The van der Waals surface area contributed by atoms with Gasteiger partial charge >= 0.3 is 11.9 Å². The Labute approximate surface area is 170 Å². The molecule has 1 amide bonds. The Morgan fingerprint density at radius 2 is 1.93 bits per heavy atom. The van der Waals surface area contributed by atoms with Gasteiger partial charge in [-0.15, -0.1) is 0 Å².